The fourth-order valence-corrected chi connectivity index (χ4v) is 4.09. The van der Waals surface area contributed by atoms with Crippen molar-refractivity contribution in [2.45, 2.75) is 39.4 Å². The first-order valence-electron chi connectivity index (χ1n) is 8.75. The van der Waals surface area contributed by atoms with Crippen molar-refractivity contribution in [1.29, 1.82) is 0 Å². The number of carbonyl (C=O) groups excluding carboxylic acids is 2. The molecule has 144 valence electrons. The van der Waals surface area contributed by atoms with Crippen LogP contribution in [0, 0.1) is 0 Å². The first-order chi connectivity index (χ1) is 12.8. The zero-order valence-electron chi connectivity index (χ0n) is 15.9. The van der Waals surface area contributed by atoms with Gasteiger partial charge < -0.3 is 19.5 Å². The summed E-state index contributed by atoms with van der Waals surface area (Å²) < 4.78 is 16.2. The van der Waals surface area contributed by atoms with Crippen LogP contribution in [0.5, 0.6) is 5.75 Å². The van der Waals surface area contributed by atoms with Crippen LogP contribution in [-0.2, 0) is 22.5 Å². The first-order valence-corrected chi connectivity index (χ1v) is 9.57. The van der Waals surface area contributed by atoms with Crippen LogP contribution in [0.25, 0.3) is 0 Å². The Balaban J connectivity index is 1.93. The lowest BCUT2D eigenvalue weighted by molar-refractivity contribution is -0.0384. The van der Waals surface area contributed by atoms with Crippen LogP contribution < -0.4 is 10.1 Å². The Bertz CT molecular complexity index is 854. The number of benzene rings is 1. The molecule has 0 saturated heterocycles. The van der Waals surface area contributed by atoms with Gasteiger partial charge in [-0.2, -0.15) is 0 Å². The molecule has 0 bridgehead atoms. The van der Waals surface area contributed by atoms with E-state index in [0.717, 1.165) is 10.4 Å². The normalized spacial score (nSPS) is 15.0. The van der Waals surface area contributed by atoms with Gasteiger partial charge in [-0.25, -0.2) is 4.79 Å². The molecule has 27 heavy (non-hydrogen) atoms. The highest BCUT2D eigenvalue weighted by molar-refractivity contribution is 7.17. The molecule has 0 spiro atoms. The lowest BCUT2D eigenvalue weighted by Crippen LogP contribution is -2.32. The second kappa shape index (κ2) is 7.70. The number of ether oxygens (including phenoxy) is 3. The number of esters is 1. The Labute approximate surface area is 162 Å². The van der Waals surface area contributed by atoms with E-state index in [1.807, 2.05) is 13.8 Å². The van der Waals surface area contributed by atoms with Crippen molar-refractivity contribution in [2.24, 2.45) is 0 Å². The van der Waals surface area contributed by atoms with Crippen LogP contribution >= 0.6 is 11.3 Å². The zero-order chi connectivity index (χ0) is 19.6. The van der Waals surface area contributed by atoms with Crippen LogP contribution in [0.2, 0.25) is 0 Å². The van der Waals surface area contributed by atoms with E-state index in [2.05, 4.69) is 5.32 Å². The molecule has 0 saturated carbocycles. The van der Waals surface area contributed by atoms with Crippen molar-refractivity contribution in [3.05, 3.63) is 45.8 Å². The van der Waals surface area contributed by atoms with Gasteiger partial charge >= 0.3 is 5.97 Å². The molecule has 0 unspecified atom stereocenters. The number of hydrogen-bond donors (Lipinski definition) is 1. The fourth-order valence-electron chi connectivity index (χ4n) is 2.98. The van der Waals surface area contributed by atoms with Crippen molar-refractivity contribution < 1.29 is 23.8 Å². The average Bonchev–Trinajstić information content (AvgIpc) is 2.97. The van der Waals surface area contributed by atoms with E-state index in [0.29, 0.717) is 34.9 Å². The molecule has 1 N–H and O–H groups in total. The maximum Gasteiger partial charge on any atom is 0.341 e. The first kappa shape index (κ1) is 19.4. The number of thiophene rings is 1. The molecule has 0 aliphatic carbocycles. The number of rotatable bonds is 5. The number of anilines is 1. The lowest BCUT2D eigenvalue weighted by atomic mass is 9.93. The summed E-state index contributed by atoms with van der Waals surface area (Å²) in [6.45, 7) is 6.42. The van der Waals surface area contributed by atoms with E-state index >= 15 is 0 Å². The monoisotopic (exact) mass is 389 g/mol. The Morgan fingerprint density at radius 3 is 2.59 bits per heavy atom. The van der Waals surface area contributed by atoms with E-state index in [4.69, 9.17) is 14.2 Å². The summed E-state index contributed by atoms with van der Waals surface area (Å²) in [4.78, 5) is 26.2. The minimum Gasteiger partial charge on any atom is -0.497 e. The molecule has 2 heterocycles. The van der Waals surface area contributed by atoms with Gasteiger partial charge in [0.2, 0.25) is 0 Å². The van der Waals surface area contributed by atoms with Crippen LogP contribution in [0.1, 0.15) is 51.9 Å². The van der Waals surface area contributed by atoms with Crippen LogP contribution in [-0.4, -0.2) is 31.2 Å². The predicted molar refractivity (Wildman–Crippen MR) is 104 cm³/mol. The summed E-state index contributed by atoms with van der Waals surface area (Å²) >= 11 is 1.37. The third-order valence-corrected chi connectivity index (χ3v) is 5.47. The summed E-state index contributed by atoms with van der Waals surface area (Å²) in [6.07, 6.45) is 0.589. The smallest absolute Gasteiger partial charge is 0.341 e. The highest BCUT2D eigenvalue weighted by Gasteiger charge is 2.34. The molecule has 2 aromatic rings. The molecule has 0 radical (unpaired) electrons. The highest BCUT2D eigenvalue weighted by atomic mass is 32.1. The molecule has 1 aromatic carbocycles. The molecule has 3 rings (SSSR count). The number of fused-ring (bicyclic) bond motifs is 1. The predicted octanol–water partition coefficient (Wildman–Crippen LogP) is 4.04. The molecule has 1 amide bonds. The quantitative estimate of drug-likeness (QED) is 0.782. The lowest BCUT2D eigenvalue weighted by Gasteiger charge is -2.30. The van der Waals surface area contributed by atoms with Crippen LogP contribution in [0.15, 0.2) is 24.3 Å². The maximum atomic E-state index is 12.7. The Morgan fingerprint density at radius 1 is 1.26 bits per heavy atom. The van der Waals surface area contributed by atoms with Gasteiger partial charge in [-0.3, -0.25) is 4.79 Å². The van der Waals surface area contributed by atoms with E-state index < -0.39 is 5.97 Å². The van der Waals surface area contributed by atoms with Crippen molar-refractivity contribution in [3.63, 3.8) is 0 Å². The van der Waals surface area contributed by atoms with Gasteiger partial charge in [0.1, 0.15) is 10.8 Å². The molecule has 1 aromatic heterocycles. The van der Waals surface area contributed by atoms with E-state index in [1.54, 1.807) is 38.3 Å². The minimum atomic E-state index is -0.419. The zero-order valence-corrected chi connectivity index (χ0v) is 16.7. The van der Waals surface area contributed by atoms with E-state index in [-0.39, 0.29) is 18.1 Å². The third-order valence-electron chi connectivity index (χ3n) is 4.35. The fraction of sp³-hybridized carbons (Fsp3) is 0.400. The summed E-state index contributed by atoms with van der Waals surface area (Å²) in [6, 6.07) is 6.80. The molecular formula is C20H23NO5S. The van der Waals surface area contributed by atoms with Gasteiger partial charge in [0.15, 0.2) is 0 Å². The molecule has 0 atom stereocenters. The number of methoxy groups -OCH3 is 1. The molecule has 6 nitrogen and oxygen atoms in total. The average molecular weight is 389 g/mol. The van der Waals surface area contributed by atoms with Gasteiger partial charge in [-0.1, -0.05) is 0 Å². The molecule has 1 aliphatic heterocycles. The SMILES string of the molecule is CCOC(=O)c1c(NC(=O)c2ccc(OC)cc2)sc2c1CC(C)(C)OC2. The van der Waals surface area contributed by atoms with Gasteiger partial charge in [-0.05, 0) is 50.6 Å². The Kier molecular flexibility index (Phi) is 5.53. The highest BCUT2D eigenvalue weighted by Crippen LogP contribution is 2.41. The van der Waals surface area contributed by atoms with Gasteiger partial charge in [0.05, 0.1) is 31.5 Å². The molecule has 0 fully saturated rings. The molecule has 7 heteroatoms. The van der Waals surface area contributed by atoms with Crippen LogP contribution in [0.3, 0.4) is 0 Å². The number of nitrogens with one attached hydrogen (secondary N) is 1. The van der Waals surface area contributed by atoms with Crippen molar-refractivity contribution in [1.82, 2.24) is 0 Å². The Hall–Kier alpha value is -2.38. The molecule has 1 aliphatic rings. The Morgan fingerprint density at radius 2 is 1.96 bits per heavy atom. The second-order valence-corrected chi connectivity index (χ2v) is 7.94. The largest absolute Gasteiger partial charge is 0.497 e. The minimum absolute atomic E-state index is 0.273. The van der Waals surface area contributed by atoms with Crippen LogP contribution in [0.4, 0.5) is 5.00 Å². The number of hydrogen-bond acceptors (Lipinski definition) is 6. The van der Waals surface area contributed by atoms with E-state index in [9.17, 15) is 9.59 Å². The number of amides is 1. The molecular weight excluding hydrogens is 366 g/mol. The summed E-state index contributed by atoms with van der Waals surface area (Å²) in [7, 11) is 1.57. The van der Waals surface area contributed by atoms with Crippen molar-refractivity contribution in [2.75, 3.05) is 19.0 Å². The summed E-state index contributed by atoms with van der Waals surface area (Å²) in [5.41, 5.74) is 1.45. The van der Waals surface area contributed by atoms with Gasteiger partial charge in [-0.15, -0.1) is 11.3 Å². The van der Waals surface area contributed by atoms with Crippen molar-refractivity contribution in [3.8, 4) is 5.75 Å². The standard InChI is InChI=1S/C20H23NO5S/c1-5-25-19(23)16-14-10-20(2,3)26-11-15(14)27-18(16)21-17(22)12-6-8-13(24-4)9-7-12/h6-9H,5,10-11H2,1-4H3,(H,21,22). The van der Waals surface area contributed by atoms with Crippen molar-refractivity contribution >= 4 is 28.2 Å². The van der Waals surface area contributed by atoms with Gasteiger partial charge in [0.25, 0.3) is 5.91 Å². The number of carbonyl (C=O) groups is 2. The summed E-state index contributed by atoms with van der Waals surface area (Å²) in [5, 5.41) is 3.37. The third kappa shape index (κ3) is 4.14. The van der Waals surface area contributed by atoms with Gasteiger partial charge in [0, 0.05) is 16.9 Å². The van der Waals surface area contributed by atoms with E-state index in [1.165, 1.54) is 11.3 Å². The topological polar surface area (TPSA) is 73.9 Å². The summed E-state index contributed by atoms with van der Waals surface area (Å²) in [5.74, 6) is -0.0376. The second-order valence-electron chi connectivity index (χ2n) is 6.84. The maximum absolute atomic E-state index is 12.7.